The van der Waals surface area contributed by atoms with Crippen molar-refractivity contribution in [2.45, 2.75) is 32.4 Å². The quantitative estimate of drug-likeness (QED) is 0.580. The summed E-state index contributed by atoms with van der Waals surface area (Å²) < 4.78 is 0.991. The molecular formula is C22H22BrN3O2. The number of halogens is 1. The SMILES string of the molecule is O=C(NCCCCc1cc2cc(Br)ccc2[nH]c1=O)N1Cc2ccccc2C1. The molecule has 0 spiro atoms. The number of amides is 2. The zero-order valence-corrected chi connectivity index (χ0v) is 17.1. The lowest BCUT2D eigenvalue weighted by Gasteiger charge is -2.16. The fraction of sp³-hybridized carbons (Fsp3) is 0.273. The van der Waals surface area contributed by atoms with Gasteiger partial charge in [-0.1, -0.05) is 40.2 Å². The standard InChI is InChI=1S/C22H22BrN3O2/c23-19-8-9-20-18(12-19)11-15(21(27)25-20)5-3-4-10-24-22(28)26-13-16-6-1-2-7-17(16)14-26/h1-2,6-9,11-12H,3-5,10,13-14H2,(H,24,28)(H,25,27). The first-order valence-electron chi connectivity index (χ1n) is 9.51. The van der Waals surface area contributed by atoms with E-state index in [1.807, 2.05) is 41.3 Å². The Kier molecular flexibility index (Phi) is 5.48. The van der Waals surface area contributed by atoms with Crippen LogP contribution in [0.25, 0.3) is 10.9 Å². The number of nitrogens with one attached hydrogen (secondary N) is 2. The van der Waals surface area contributed by atoms with Crippen LogP contribution >= 0.6 is 15.9 Å². The number of fused-ring (bicyclic) bond motifs is 2. The minimum atomic E-state index is -0.0336. The number of hydrogen-bond donors (Lipinski definition) is 2. The molecule has 0 saturated carbocycles. The van der Waals surface area contributed by atoms with Crippen molar-refractivity contribution in [1.82, 2.24) is 15.2 Å². The Morgan fingerprint density at radius 1 is 1.07 bits per heavy atom. The fourth-order valence-corrected chi connectivity index (χ4v) is 4.01. The topological polar surface area (TPSA) is 65.2 Å². The number of nitrogens with zero attached hydrogens (tertiary/aromatic N) is 1. The second kappa shape index (κ2) is 8.19. The molecule has 5 nitrogen and oxygen atoms in total. The molecule has 28 heavy (non-hydrogen) atoms. The Morgan fingerprint density at radius 2 is 1.82 bits per heavy atom. The zero-order valence-electron chi connectivity index (χ0n) is 15.5. The zero-order chi connectivity index (χ0) is 19.5. The summed E-state index contributed by atoms with van der Waals surface area (Å²) in [7, 11) is 0. The lowest BCUT2D eigenvalue weighted by Crippen LogP contribution is -2.36. The Bertz CT molecular complexity index is 1050. The van der Waals surface area contributed by atoms with Crippen LogP contribution in [-0.4, -0.2) is 22.5 Å². The average molecular weight is 440 g/mol. The minimum Gasteiger partial charge on any atom is -0.338 e. The second-order valence-corrected chi connectivity index (χ2v) is 8.08. The number of pyridine rings is 1. The highest BCUT2D eigenvalue weighted by atomic mass is 79.9. The highest BCUT2D eigenvalue weighted by Crippen LogP contribution is 2.22. The van der Waals surface area contributed by atoms with E-state index in [4.69, 9.17) is 0 Å². The van der Waals surface area contributed by atoms with Gasteiger partial charge in [-0.05, 0) is 60.0 Å². The van der Waals surface area contributed by atoms with Gasteiger partial charge in [0.25, 0.3) is 5.56 Å². The lowest BCUT2D eigenvalue weighted by molar-refractivity contribution is 0.198. The Hall–Kier alpha value is -2.60. The summed E-state index contributed by atoms with van der Waals surface area (Å²) in [6, 6.07) is 15.9. The van der Waals surface area contributed by atoms with Crippen molar-refractivity contribution < 1.29 is 4.79 Å². The summed E-state index contributed by atoms with van der Waals surface area (Å²) >= 11 is 3.46. The molecule has 2 aromatic carbocycles. The van der Waals surface area contributed by atoms with E-state index in [0.29, 0.717) is 26.1 Å². The van der Waals surface area contributed by atoms with Gasteiger partial charge in [-0.2, -0.15) is 0 Å². The van der Waals surface area contributed by atoms with Crippen LogP contribution < -0.4 is 10.9 Å². The first-order valence-corrected chi connectivity index (χ1v) is 10.3. The van der Waals surface area contributed by atoms with E-state index in [1.165, 1.54) is 11.1 Å². The maximum Gasteiger partial charge on any atom is 0.318 e. The third kappa shape index (κ3) is 4.12. The lowest BCUT2D eigenvalue weighted by atomic mass is 10.1. The normalized spacial score (nSPS) is 13.0. The minimum absolute atomic E-state index is 0.0235. The number of aromatic amines is 1. The van der Waals surface area contributed by atoms with Crippen LogP contribution in [0.2, 0.25) is 0 Å². The summed E-state index contributed by atoms with van der Waals surface area (Å²) in [5.41, 5.74) is 4.04. The molecule has 2 amide bonds. The maximum absolute atomic E-state index is 12.3. The highest BCUT2D eigenvalue weighted by Gasteiger charge is 2.22. The van der Waals surface area contributed by atoms with Crippen molar-refractivity contribution in [3.05, 3.63) is 80.0 Å². The maximum atomic E-state index is 12.3. The monoisotopic (exact) mass is 439 g/mol. The summed E-state index contributed by atoms with van der Waals surface area (Å²) in [5.74, 6) is 0. The van der Waals surface area contributed by atoms with Crippen LogP contribution in [-0.2, 0) is 19.5 Å². The van der Waals surface area contributed by atoms with Gasteiger partial charge in [0.1, 0.15) is 0 Å². The van der Waals surface area contributed by atoms with Crippen molar-refractivity contribution in [2.75, 3.05) is 6.54 Å². The van der Waals surface area contributed by atoms with Crippen molar-refractivity contribution in [3.8, 4) is 0 Å². The molecule has 2 N–H and O–H groups in total. The van der Waals surface area contributed by atoms with Gasteiger partial charge in [0, 0.05) is 35.2 Å². The molecule has 1 aromatic heterocycles. The van der Waals surface area contributed by atoms with Gasteiger partial charge in [0.05, 0.1) is 0 Å². The highest BCUT2D eigenvalue weighted by molar-refractivity contribution is 9.10. The number of hydrogen-bond acceptors (Lipinski definition) is 2. The number of rotatable bonds is 5. The van der Waals surface area contributed by atoms with Gasteiger partial charge in [-0.15, -0.1) is 0 Å². The van der Waals surface area contributed by atoms with Gasteiger partial charge in [-0.3, -0.25) is 4.79 Å². The summed E-state index contributed by atoms with van der Waals surface area (Å²) in [5, 5.41) is 4.01. The molecule has 2 heterocycles. The summed E-state index contributed by atoms with van der Waals surface area (Å²) in [6.07, 6.45) is 2.38. The molecule has 1 aliphatic rings. The van der Waals surface area contributed by atoms with Crippen LogP contribution in [0.5, 0.6) is 0 Å². The van der Waals surface area contributed by atoms with Crippen molar-refractivity contribution in [2.24, 2.45) is 0 Å². The molecule has 4 rings (SSSR count). The first kappa shape index (κ1) is 18.7. The third-order valence-corrected chi connectivity index (χ3v) is 5.65. The molecule has 0 atom stereocenters. The molecule has 0 radical (unpaired) electrons. The largest absolute Gasteiger partial charge is 0.338 e. The molecule has 6 heteroatoms. The van der Waals surface area contributed by atoms with E-state index < -0.39 is 0 Å². The van der Waals surface area contributed by atoms with Crippen LogP contribution in [0.15, 0.2) is 57.8 Å². The number of carbonyl (C=O) groups excluding carboxylic acids is 1. The molecule has 0 saturated heterocycles. The second-order valence-electron chi connectivity index (χ2n) is 7.17. The van der Waals surface area contributed by atoms with Gasteiger partial charge in [-0.25, -0.2) is 4.79 Å². The van der Waals surface area contributed by atoms with Crippen molar-refractivity contribution in [1.29, 1.82) is 0 Å². The Morgan fingerprint density at radius 3 is 2.57 bits per heavy atom. The molecule has 0 fully saturated rings. The molecule has 1 aliphatic heterocycles. The van der Waals surface area contributed by atoms with E-state index in [2.05, 4.69) is 38.4 Å². The number of benzene rings is 2. The number of aromatic nitrogens is 1. The van der Waals surface area contributed by atoms with E-state index >= 15 is 0 Å². The van der Waals surface area contributed by atoms with E-state index in [0.717, 1.165) is 33.8 Å². The van der Waals surface area contributed by atoms with Crippen molar-refractivity contribution >= 4 is 32.9 Å². The number of unbranched alkanes of at least 4 members (excludes halogenated alkanes) is 1. The van der Waals surface area contributed by atoms with Crippen LogP contribution in [0, 0.1) is 0 Å². The Balaban J connectivity index is 1.25. The fourth-order valence-electron chi connectivity index (χ4n) is 3.63. The van der Waals surface area contributed by atoms with Gasteiger partial charge in [0.2, 0.25) is 0 Å². The average Bonchev–Trinajstić information content (AvgIpc) is 3.12. The van der Waals surface area contributed by atoms with Crippen LogP contribution in [0.4, 0.5) is 4.79 Å². The number of urea groups is 1. The smallest absolute Gasteiger partial charge is 0.318 e. The van der Waals surface area contributed by atoms with E-state index in [-0.39, 0.29) is 11.6 Å². The van der Waals surface area contributed by atoms with E-state index in [9.17, 15) is 9.59 Å². The summed E-state index contributed by atoms with van der Waals surface area (Å²) in [4.78, 5) is 29.3. The predicted molar refractivity (Wildman–Crippen MR) is 114 cm³/mol. The van der Waals surface area contributed by atoms with Gasteiger partial charge in [0.15, 0.2) is 0 Å². The van der Waals surface area contributed by atoms with Crippen LogP contribution in [0.1, 0.15) is 29.5 Å². The molecule has 3 aromatic rings. The third-order valence-electron chi connectivity index (χ3n) is 5.16. The molecule has 144 valence electrons. The first-order chi connectivity index (χ1) is 13.6. The van der Waals surface area contributed by atoms with Gasteiger partial charge >= 0.3 is 6.03 Å². The molecule has 0 bridgehead atoms. The number of aryl methyl sites for hydroxylation is 1. The van der Waals surface area contributed by atoms with Crippen LogP contribution in [0.3, 0.4) is 0 Å². The predicted octanol–water partition coefficient (Wildman–Crippen LogP) is 4.34. The summed E-state index contributed by atoms with van der Waals surface area (Å²) in [6.45, 7) is 1.96. The number of H-pyrrole nitrogens is 1. The van der Waals surface area contributed by atoms with Gasteiger partial charge < -0.3 is 15.2 Å². The molecule has 0 aliphatic carbocycles. The Labute approximate surface area is 171 Å². The number of carbonyl (C=O) groups is 1. The van der Waals surface area contributed by atoms with Crippen molar-refractivity contribution in [3.63, 3.8) is 0 Å². The molecule has 0 unspecified atom stereocenters. The molecular weight excluding hydrogens is 418 g/mol. The van der Waals surface area contributed by atoms with E-state index in [1.54, 1.807) is 0 Å².